The maximum atomic E-state index is 12.6. The second-order valence-corrected chi connectivity index (χ2v) is 6.66. The molecule has 31 heavy (non-hydrogen) atoms. The Morgan fingerprint density at radius 3 is 2.52 bits per heavy atom. The highest BCUT2D eigenvalue weighted by Crippen LogP contribution is 2.29. The van der Waals surface area contributed by atoms with Crippen LogP contribution in [0.15, 0.2) is 85.5 Å². The Morgan fingerprint density at radius 1 is 1.00 bits per heavy atom. The molecule has 0 unspecified atom stereocenters. The molecular weight excluding hydrogens is 392 g/mol. The Balaban J connectivity index is 1.68. The van der Waals surface area contributed by atoms with Crippen LogP contribution in [0.25, 0.3) is 6.08 Å². The van der Waals surface area contributed by atoms with E-state index >= 15 is 0 Å². The minimum absolute atomic E-state index is 0.134. The molecule has 0 heterocycles. The normalized spacial score (nSPS) is 10.6. The van der Waals surface area contributed by atoms with Gasteiger partial charge in [0.05, 0.1) is 12.7 Å². The van der Waals surface area contributed by atoms with Crippen molar-refractivity contribution >= 4 is 11.9 Å². The van der Waals surface area contributed by atoms with E-state index in [0.717, 1.165) is 11.1 Å². The van der Waals surface area contributed by atoms with Crippen molar-refractivity contribution in [3.05, 3.63) is 102 Å². The standard InChI is InChI=1S/C26H24O5/c1-3-15-30-26-16-19(10-14-25(26)29-2)9-13-23(27)22-12-11-21(17-24(22)28)31-18-20-7-5-4-6-8-20/h3-14,16-17,28H,1,15,18H2,2H3/b13-9+. The Morgan fingerprint density at radius 2 is 1.81 bits per heavy atom. The minimum Gasteiger partial charge on any atom is -0.507 e. The lowest BCUT2D eigenvalue weighted by Gasteiger charge is -2.10. The lowest BCUT2D eigenvalue weighted by Crippen LogP contribution is -1.98. The number of carbonyl (C=O) groups excluding carboxylic acids is 1. The van der Waals surface area contributed by atoms with Gasteiger partial charge in [0.2, 0.25) is 0 Å². The number of hydrogen-bond acceptors (Lipinski definition) is 5. The van der Waals surface area contributed by atoms with Gasteiger partial charge in [0, 0.05) is 6.07 Å². The van der Waals surface area contributed by atoms with E-state index in [0.29, 0.717) is 30.5 Å². The third-order valence-electron chi connectivity index (χ3n) is 4.45. The summed E-state index contributed by atoms with van der Waals surface area (Å²) in [6.45, 7) is 4.35. The summed E-state index contributed by atoms with van der Waals surface area (Å²) in [4.78, 5) is 12.6. The number of hydrogen-bond donors (Lipinski definition) is 1. The summed E-state index contributed by atoms with van der Waals surface area (Å²) in [7, 11) is 1.56. The third-order valence-corrected chi connectivity index (χ3v) is 4.45. The van der Waals surface area contributed by atoms with Crippen LogP contribution in [0.4, 0.5) is 0 Å². The second-order valence-electron chi connectivity index (χ2n) is 6.66. The van der Waals surface area contributed by atoms with Crippen LogP contribution in [0.1, 0.15) is 21.5 Å². The van der Waals surface area contributed by atoms with Crippen molar-refractivity contribution in [1.29, 1.82) is 0 Å². The van der Waals surface area contributed by atoms with Crippen molar-refractivity contribution < 1.29 is 24.1 Å². The number of ketones is 1. The van der Waals surface area contributed by atoms with Crippen LogP contribution in [-0.2, 0) is 6.61 Å². The number of ether oxygens (including phenoxy) is 3. The molecule has 0 bridgehead atoms. The molecule has 0 aliphatic carbocycles. The molecule has 0 amide bonds. The van der Waals surface area contributed by atoms with Gasteiger partial charge in [-0.05, 0) is 41.5 Å². The Labute approximate surface area is 181 Å². The van der Waals surface area contributed by atoms with Crippen molar-refractivity contribution in [2.45, 2.75) is 6.61 Å². The Kier molecular flexibility index (Phi) is 7.49. The molecule has 0 saturated heterocycles. The quantitative estimate of drug-likeness (QED) is 0.271. The highest BCUT2D eigenvalue weighted by Gasteiger charge is 2.10. The van der Waals surface area contributed by atoms with Gasteiger partial charge in [-0.3, -0.25) is 4.79 Å². The van der Waals surface area contributed by atoms with E-state index in [9.17, 15) is 9.90 Å². The molecule has 0 atom stereocenters. The summed E-state index contributed by atoms with van der Waals surface area (Å²) in [5.41, 5.74) is 1.97. The monoisotopic (exact) mass is 416 g/mol. The van der Waals surface area contributed by atoms with E-state index in [4.69, 9.17) is 14.2 Å². The Hall–Kier alpha value is -3.99. The minimum atomic E-state index is -0.323. The molecule has 0 radical (unpaired) electrons. The van der Waals surface area contributed by atoms with Gasteiger partial charge >= 0.3 is 0 Å². The van der Waals surface area contributed by atoms with Gasteiger partial charge in [0.1, 0.15) is 24.7 Å². The second kappa shape index (κ2) is 10.7. The van der Waals surface area contributed by atoms with Gasteiger partial charge in [-0.1, -0.05) is 55.1 Å². The molecule has 5 heteroatoms. The largest absolute Gasteiger partial charge is 0.507 e. The number of phenols is 1. The van der Waals surface area contributed by atoms with E-state index in [1.807, 2.05) is 36.4 Å². The smallest absolute Gasteiger partial charge is 0.189 e. The number of rotatable bonds is 10. The lowest BCUT2D eigenvalue weighted by atomic mass is 10.1. The average molecular weight is 416 g/mol. The van der Waals surface area contributed by atoms with Gasteiger partial charge in [0.15, 0.2) is 17.3 Å². The molecule has 0 aliphatic heterocycles. The van der Waals surface area contributed by atoms with Crippen LogP contribution < -0.4 is 14.2 Å². The summed E-state index contributed by atoms with van der Waals surface area (Å²) in [5, 5.41) is 10.3. The number of methoxy groups -OCH3 is 1. The summed E-state index contributed by atoms with van der Waals surface area (Å²) in [6.07, 6.45) is 4.70. The molecule has 3 rings (SSSR count). The summed E-state index contributed by atoms with van der Waals surface area (Å²) in [5.74, 6) is 1.18. The fraction of sp³-hybridized carbons (Fsp3) is 0.115. The van der Waals surface area contributed by atoms with E-state index in [1.54, 1.807) is 43.5 Å². The lowest BCUT2D eigenvalue weighted by molar-refractivity contribution is 0.104. The molecule has 1 N–H and O–H groups in total. The molecule has 5 nitrogen and oxygen atoms in total. The van der Waals surface area contributed by atoms with Crippen LogP contribution in [0, 0.1) is 0 Å². The molecule has 158 valence electrons. The predicted octanol–water partition coefficient (Wildman–Crippen LogP) is 5.44. The molecule has 0 aliphatic rings. The maximum Gasteiger partial charge on any atom is 0.189 e. The van der Waals surface area contributed by atoms with Crippen molar-refractivity contribution in [2.75, 3.05) is 13.7 Å². The first-order valence-corrected chi connectivity index (χ1v) is 9.74. The first kappa shape index (κ1) is 21.7. The summed E-state index contributed by atoms with van der Waals surface area (Å²) >= 11 is 0. The van der Waals surface area contributed by atoms with Crippen LogP contribution in [-0.4, -0.2) is 24.6 Å². The zero-order valence-corrected chi connectivity index (χ0v) is 17.3. The number of carbonyl (C=O) groups is 1. The van der Waals surface area contributed by atoms with Crippen LogP contribution in [0.3, 0.4) is 0 Å². The number of allylic oxidation sites excluding steroid dienone is 1. The van der Waals surface area contributed by atoms with Crippen LogP contribution in [0.5, 0.6) is 23.0 Å². The van der Waals surface area contributed by atoms with Crippen molar-refractivity contribution in [3.8, 4) is 23.0 Å². The van der Waals surface area contributed by atoms with E-state index in [1.165, 1.54) is 12.1 Å². The third kappa shape index (κ3) is 6.00. The van der Waals surface area contributed by atoms with Crippen LogP contribution >= 0.6 is 0 Å². The van der Waals surface area contributed by atoms with Crippen molar-refractivity contribution in [2.24, 2.45) is 0 Å². The fourth-order valence-electron chi connectivity index (χ4n) is 2.87. The Bertz CT molecular complexity index is 1070. The highest BCUT2D eigenvalue weighted by molar-refractivity contribution is 6.08. The SMILES string of the molecule is C=CCOc1cc(/C=C/C(=O)c2ccc(OCc3ccccc3)cc2O)ccc1OC. The fourth-order valence-corrected chi connectivity index (χ4v) is 2.87. The predicted molar refractivity (Wildman–Crippen MR) is 121 cm³/mol. The molecule has 3 aromatic carbocycles. The number of benzene rings is 3. The molecule has 0 fully saturated rings. The summed E-state index contributed by atoms with van der Waals surface area (Å²) < 4.78 is 16.5. The molecule has 0 spiro atoms. The molecule has 0 aromatic heterocycles. The highest BCUT2D eigenvalue weighted by atomic mass is 16.5. The average Bonchev–Trinajstić information content (AvgIpc) is 2.80. The topological polar surface area (TPSA) is 65.0 Å². The zero-order chi connectivity index (χ0) is 22.1. The van der Waals surface area contributed by atoms with Gasteiger partial charge in [-0.15, -0.1) is 0 Å². The van der Waals surface area contributed by atoms with Crippen molar-refractivity contribution in [1.82, 2.24) is 0 Å². The first-order valence-electron chi connectivity index (χ1n) is 9.74. The molecule has 0 saturated carbocycles. The van der Waals surface area contributed by atoms with Gasteiger partial charge in [0.25, 0.3) is 0 Å². The number of aromatic hydroxyl groups is 1. The van der Waals surface area contributed by atoms with Gasteiger partial charge in [-0.2, -0.15) is 0 Å². The van der Waals surface area contributed by atoms with E-state index in [2.05, 4.69) is 6.58 Å². The van der Waals surface area contributed by atoms with Crippen LogP contribution in [0.2, 0.25) is 0 Å². The first-order chi connectivity index (χ1) is 15.1. The summed E-state index contributed by atoms with van der Waals surface area (Å²) in [6, 6.07) is 19.7. The zero-order valence-electron chi connectivity index (χ0n) is 17.3. The molecular formula is C26H24O5. The van der Waals surface area contributed by atoms with E-state index < -0.39 is 0 Å². The van der Waals surface area contributed by atoms with Crippen molar-refractivity contribution in [3.63, 3.8) is 0 Å². The molecule has 3 aromatic rings. The maximum absolute atomic E-state index is 12.6. The van der Waals surface area contributed by atoms with E-state index in [-0.39, 0.29) is 17.1 Å². The number of phenolic OH excluding ortho intramolecular Hbond substituents is 1. The van der Waals surface area contributed by atoms with Gasteiger partial charge < -0.3 is 19.3 Å². The van der Waals surface area contributed by atoms with Gasteiger partial charge in [-0.25, -0.2) is 0 Å².